The average Bonchev–Trinajstić information content (AvgIpc) is 3.24. The molecule has 0 amide bonds. The van der Waals surface area contributed by atoms with Crippen molar-refractivity contribution in [1.29, 1.82) is 0 Å². The Morgan fingerprint density at radius 3 is 1.28 bits per heavy atom. The molecule has 0 radical (unpaired) electrons. The lowest BCUT2D eigenvalue weighted by molar-refractivity contribution is -0.166. The summed E-state index contributed by atoms with van der Waals surface area (Å²) in [6.07, 6.45) is 61.5. The van der Waals surface area contributed by atoms with Crippen LogP contribution in [-0.2, 0) is 28.6 Å². The van der Waals surface area contributed by atoms with E-state index >= 15 is 0 Å². The number of allylic oxidation sites excluding steroid dienone is 14. The normalized spacial score (nSPS) is 12.8. The van der Waals surface area contributed by atoms with Gasteiger partial charge in [0.25, 0.3) is 0 Å². The number of rotatable bonds is 43. The van der Waals surface area contributed by atoms with Crippen LogP contribution >= 0.6 is 0 Å². The van der Waals surface area contributed by atoms with Crippen molar-refractivity contribution in [2.24, 2.45) is 0 Å². The lowest BCUT2D eigenvalue weighted by Gasteiger charge is -2.18. The van der Waals surface area contributed by atoms with E-state index in [4.69, 9.17) is 14.2 Å². The summed E-state index contributed by atoms with van der Waals surface area (Å²) in [7, 11) is 0. The summed E-state index contributed by atoms with van der Waals surface area (Å²) in [6, 6.07) is 0. The van der Waals surface area contributed by atoms with Crippen LogP contribution in [0.15, 0.2) is 85.1 Å². The molecule has 0 saturated carbocycles. The summed E-state index contributed by atoms with van der Waals surface area (Å²) in [6.45, 7) is 6.31. The van der Waals surface area contributed by atoms with Crippen molar-refractivity contribution in [3.63, 3.8) is 0 Å². The Morgan fingerprint density at radius 2 is 0.767 bits per heavy atom. The zero-order valence-corrected chi connectivity index (χ0v) is 38.9. The van der Waals surface area contributed by atoms with Crippen LogP contribution in [0, 0.1) is 0 Å². The van der Waals surface area contributed by atoms with Crippen LogP contribution in [0.2, 0.25) is 0 Å². The molecule has 6 nitrogen and oxygen atoms in total. The van der Waals surface area contributed by atoms with Crippen LogP contribution in [0.1, 0.15) is 220 Å². The van der Waals surface area contributed by atoms with Gasteiger partial charge >= 0.3 is 17.9 Å². The number of hydrogen-bond acceptors (Lipinski definition) is 6. The molecular formula is C54H90O6. The number of hydrogen-bond donors (Lipinski definition) is 0. The third kappa shape index (κ3) is 45.7. The van der Waals surface area contributed by atoms with E-state index in [1.165, 1.54) is 89.9 Å². The van der Waals surface area contributed by atoms with E-state index in [1.54, 1.807) is 0 Å². The highest BCUT2D eigenvalue weighted by Gasteiger charge is 2.19. The molecule has 0 aliphatic rings. The van der Waals surface area contributed by atoms with Crippen LogP contribution < -0.4 is 0 Å². The Labute approximate surface area is 369 Å². The Balaban J connectivity index is 4.48. The predicted octanol–water partition coefficient (Wildman–Crippen LogP) is 16.0. The van der Waals surface area contributed by atoms with Gasteiger partial charge in [-0.25, -0.2) is 0 Å². The second-order valence-corrected chi connectivity index (χ2v) is 16.0. The summed E-state index contributed by atoms with van der Waals surface area (Å²) in [5.41, 5.74) is 0. The first kappa shape index (κ1) is 56.6. The van der Waals surface area contributed by atoms with Gasteiger partial charge in [0.1, 0.15) is 13.2 Å². The van der Waals surface area contributed by atoms with Gasteiger partial charge in [0.2, 0.25) is 0 Å². The summed E-state index contributed by atoms with van der Waals surface area (Å²) in [5, 5.41) is 0. The highest BCUT2D eigenvalue weighted by molar-refractivity contribution is 5.71. The van der Waals surface area contributed by atoms with Crippen molar-refractivity contribution in [1.82, 2.24) is 0 Å². The highest BCUT2D eigenvalue weighted by atomic mass is 16.6. The molecule has 0 rings (SSSR count). The van der Waals surface area contributed by atoms with Gasteiger partial charge in [-0.1, -0.05) is 202 Å². The predicted molar refractivity (Wildman–Crippen MR) is 256 cm³/mol. The molecule has 1 atom stereocenters. The Hall–Kier alpha value is -3.41. The fourth-order valence-electron chi connectivity index (χ4n) is 6.53. The first-order chi connectivity index (χ1) is 29.5. The summed E-state index contributed by atoms with van der Waals surface area (Å²) >= 11 is 0. The highest BCUT2D eigenvalue weighted by Crippen LogP contribution is 2.14. The third-order valence-corrected chi connectivity index (χ3v) is 10.2. The molecule has 0 heterocycles. The quantitative estimate of drug-likeness (QED) is 0.0200. The molecule has 1 unspecified atom stereocenters. The van der Waals surface area contributed by atoms with E-state index < -0.39 is 6.10 Å². The molecule has 0 N–H and O–H groups in total. The van der Waals surface area contributed by atoms with Gasteiger partial charge in [0, 0.05) is 19.3 Å². The summed E-state index contributed by atoms with van der Waals surface area (Å²) in [4.78, 5) is 37.9. The van der Waals surface area contributed by atoms with Crippen molar-refractivity contribution in [3.05, 3.63) is 85.1 Å². The minimum absolute atomic E-state index is 0.104. The SMILES string of the molecule is CC/C=C/C=C/C=C/CCCCCCCCCC(=O)OCC(COC(=O)CC/C=C/C/C=C/CCCCCCCC)OC(=O)CCCCCCCCC/C=C/C/C=C/CC. The number of ether oxygens (including phenoxy) is 3. The van der Waals surface area contributed by atoms with E-state index in [0.29, 0.717) is 19.3 Å². The summed E-state index contributed by atoms with van der Waals surface area (Å²) < 4.78 is 16.7. The number of unbranched alkanes of at least 4 members (excludes halogenated alkanes) is 20. The average molecular weight is 835 g/mol. The molecule has 0 aromatic carbocycles. The fraction of sp³-hybridized carbons (Fsp3) is 0.685. The zero-order chi connectivity index (χ0) is 43.7. The number of carbonyl (C=O) groups is 3. The molecular weight excluding hydrogens is 745 g/mol. The van der Waals surface area contributed by atoms with Crippen molar-refractivity contribution >= 4 is 17.9 Å². The number of esters is 3. The number of carbonyl (C=O) groups excluding carboxylic acids is 3. The molecule has 0 aliphatic carbocycles. The standard InChI is InChI=1S/C54H90O6/c1-4-7-10-13-16-19-22-25-27-30-32-35-38-41-44-47-53(56)59-50-51(49-58-52(55)46-43-40-37-34-31-28-24-21-18-15-12-9-6-3)60-54(57)48-45-42-39-36-33-29-26-23-20-17-14-11-8-5-2/h7-8,10-11,13,16-17,19-20,22,28,31,37,40,51H,4-6,9,12,14-15,18,21,23-27,29-30,32-36,38-39,41-50H2,1-3H3/b10-7+,11-8+,16-13+,20-17+,22-19+,31-28+,40-37+. The van der Waals surface area contributed by atoms with Gasteiger partial charge in [0.15, 0.2) is 6.10 Å². The van der Waals surface area contributed by atoms with E-state index in [-0.39, 0.29) is 37.5 Å². The molecule has 0 fully saturated rings. The zero-order valence-electron chi connectivity index (χ0n) is 38.9. The van der Waals surface area contributed by atoms with Gasteiger partial charge < -0.3 is 14.2 Å². The second kappa shape index (κ2) is 48.3. The maximum atomic E-state index is 12.8. The van der Waals surface area contributed by atoms with Crippen LogP contribution in [0.3, 0.4) is 0 Å². The maximum Gasteiger partial charge on any atom is 0.306 e. The van der Waals surface area contributed by atoms with Crippen molar-refractivity contribution < 1.29 is 28.6 Å². The Kier molecular flexibility index (Phi) is 45.5. The monoisotopic (exact) mass is 835 g/mol. The first-order valence-corrected chi connectivity index (χ1v) is 24.6. The molecule has 0 bridgehead atoms. The minimum atomic E-state index is -0.807. The molecule has 6 heteroatoms. The Morgan fingerprint density at radius 1 is 0.367 bits per heavy atom. The van der Waals surface area contributed by atoms with Crippen molar-refractivity contribution in [3.8, 4) is 0 Å². The van der Waals surface area contributed by atoms with E-state index in [0.717, 1.165) is 83.5 Å². The van der Waals surface area contributed by atoms with Gasteiger partial charge in [-0.05, 0) is 83.5 Å². The van der Waals surface area contributed by atoms with Crippen LogP contribution in [-0.4, -0.2) is 37.2 Å². The van der Waals surface area contributed by atoms with Gasteiger partial charge in [-0.2, -0.15) is 0 Å². The molecule has 0 aromatic rings. The van der Waals surface area contributed by atoms with Gasteiger partial charge in [-0.3, -0.25) is 14.4 Å². The third-order valence-electron chi connectivity index (χ3n) is 10.2. The minimum Gasteiger partial charge on any atom is -0.462 e. The molecule has 0 saturated heterocycles. The lowest BCUT2D eigenvalue weighted by Crippen LogP contribution is -2.30. The van der Waals surface area contributed by atoms with Crippen molar-refractivity contribution in [2.45, 2.75) is 226 Å². The molecule has 342 valence electrons. The van der Waals surface area contributed by atoms with Crippen LogP contribution in [0.5, 0.6) is 0 Å². The van der Waals surface area contributed by atoms with Gasteiger partial charge in [-0.15, -0.1) is 0 Å². The molecule has 0 aliphatic heterocycles. The van der Waals surface area contributed by atoms with Crippen molar-refractivity contribution in [2.75, 3.05) is 13.2 Å². The molecule has 0 spiro atoms. The largest absolute Gasteiger partial charge is 0.462 e. The smallest absolute Gasteiger partial charge is 0.306 e. The Bertz CT molecular complexity index is 1190. The fourth-order valence-corrected chi connectivity index (χ4v) is 6.53. The van der Waals surface area contributed by atoms with Crippen LogP contribution in [0.25, 0.3) is 0 Å². The second-order valence-electron chi connectivity index (χ2n) is 16.0. The molecule has 0 aromatic heterocycles. The topological polar surface area (TPSA) is 78.9 Å². The van der Waals surface area contributed by atoms with E-state index in [2.05, 4.69) is 99.8 Å². The maximum absolute atomic E-state index is 12.8. The van der Waals surface area contributed by atoms with E-state index in [9.17, 15) is 14.4 Å². The first-order valence-electron chi connectivity index (χ1n) is 24.6. The van der Waals surface area contributed by atoms with Gasteiger partial charge in [0.05, 0.1) is 0 Å². The molecule has 60 heavy (non-hydrogen) atoms. The lowest BCUT2D eigenvalue weighted by atomic mass is 10.1. The van der Waals surface area contributed by atoms with E-state index in [1.807, 2.05) is 6.08 Å². The van der Waals surface area contributed by atoms with Crippen LogP contribution in [0.4, 0.5) is 0 Å². The summed E-state index contributed by atoms with van der Waals surface area (Å²) in [5.74, 6) is -0.998.